The average molecular weight is 214 g/mol. The summed E-state index contributed by atoms with van der Waals surface area (Å²) in [4.78, 5) is 23.1. The van der Waals surface area contributed by atoms with Gasteiger partial charge in [-0.3, -0.25) is 14.2 Å². The third-order valence-electron chi connectivity index (χ3n) is 2.15. The van der Waals surface area contributed by atoms with Crippen molar-refractivity contribution in [2.75, 3.05) is 13.7 Å². The number of rotatable bonds is 3. The Labute approximate surface area is 87.0 Å². The van der Waals surface area contributed by atoms with Gasteiger partial charge in [-0.05, 0) is 6.92 Å². The molecule has 0 aliphatic rings. The minimum absolute atomic E-state index is 0.0125. The van der Waals surface area contributed by atoms with Gasteiger partial charge in [-0.1, -0.05) is 0 Å². The lowest BCUT2D eigenvalue weighted by atomic mass is 10.4. The number of hydrogen-bond acceptors (Lipinski definition) is 4. The summed E-state index contributed by atoms with van der Waals surface area (Å²) in [7, 11) is 4.49. The van der Waals surface area contributed by atoms with E-state index in [4.69, 9.17) is 9.47 Å². The third kappa shape index (κ3) is 1.74. The van der Waals surface area contributed by atoms with Gasteiger partial charge in [0.15, 0.2) is 5.69 Å². The van der Waals surface area contributed by atoms with Crippen molar-refractivity contribution in [3.05, 3.63) is 16.0 Å². The molecule has 1 heterocycles. The van der Waals surface area contributed by atoms with Crippen molar-refractivity contribution >= 4 is 5.97 Å². The molecule has 15 heavy (non-hydrogen) atoms. The van der Waals surface area contributed by atoms with E-state index in [2.05, 4.69) is 0 Å². The molecule has 0 amide bonds. The van der Waals surface area contributed by atoms with Crippen LogP contribution in [0.1, 0.15) is 17.4 Å². The molecule has 6 nitrogen and oxygen atoms in total. The fraction of sp³-hybridized carbons (Fsp3) is 0.556. The molecule has 0 aromatic carbocycles. The number of esters is 1. The second-order valence-corrected chi connectivity index (χ2v) is 2.95. The molecule has 0 radical (unpaired) electrons. The number of nitrogens with zero attached hydrogens (tertiary/aromatic N) is 2. The zero-order chi connectivity index (χ0) is 11.6. The molecule has 0 unspecified atom stereocenters. The molecule has 0 fully saturated rings. The Balaban J connectivity index is 3.33. The summed E-state index contributed by atoms with van der Waals surface area (Å²) >= 11 is 0. The van der Waals surface area contributed by atoms with Gasteiger partial charge in [0.05, 0.1) is 13.7 Å². The molecule has 84 valence electrons. The Morgan fingerprint density at radius 3 is 2.40 bits per heavy atom. The molecule has 0 atom stereocenters. The van der Waals surface area contributed by atoms with Crippen LogP contribution in [0.25, 0.3) is 0 Å². The summed E-state index contributed by atoms with van der Waals surface area (Å²) in [5, 5.41) is 0. The van der Waals surface area contributed by atoms with Gasteiger partial charge < -0.3 is 9.47 Å². The number of carbonyl (C=O) groups excluding carboxylic acids is 1. The van der Waals surface area contributed by atoms with Crippen molar-refractivity contribution < 1.29 is 14.3 Å². The Bertz CT molecular complexity index is 430. The largest absolute Gasteiger partial charge is 0.489 e. The first-order valence-electron chi connectivity index (χ1n) is 4.51. The van der Waals surface area contributed by atoms with E-state index in [9.17, 15) is 9.59 Å². The molecule has 6 heteroatoms. The standard InChI is InChI=1S/C9H14N2O4/c1-5-15-9(13)6-7(14-4)8(12)11(3)10(6)2/h5H2,1-4H3. The molecule has 0 saturated heterocycles. The van der Waals surface area contributed by atoms with Crippen LogP contribution in [0.15, 0.2) is 4.79 Å². The van der Waals surface area contributed by atoms with Gasteiger partial charge >= 0.3 is 11.5 Å². The highest BCUT2D eigenvalue weighted by Crippen LogP contribution is 2.13. The number of carbonyl (C=O) groups is 1. The SMILES string of the molecule is CCOC(=O)c1c(OC)c(=O)n(C)n1C. The van der Waals surface area contributed by atoms with E-state index in [0.29, 0.717) is 0 Å². The minimum Gasteiger partial charge on any atom is -0.489 e. The lowest BCUT2D eigenvalue weighted by molar-refractivity contribution is 0.0508. The van der Waals surface area contributed by atoms with E-state index in [0.717, 1.165) is 0 Å². The van der Waals surface area contributed by atoms with Crippen LogP contribution in [-0.2, 0) is 18.8 Å². The maximum atomic E-state index is 11.6. The van der Waals surface area contributed by atoms with Gasteiger partial charge in [0, 0.05) is 14.1 Å². The number of hydrogen-bond donors (Lipinski definition) is 0. The van der Waals surface area contributed by atoms with Crippen molar-refractivity contribution in [2.45, 2.75) is 6.92 Å². The normalized spacial score (nSPS) is 10.1. The second kappa shape index (κ2) is 4.20. The molecule has 0 spiro atoms. The highest BCUT2D eigenvalue weighted by molar-refractivity contribution is 5.90. The molecular weight excluding hydrogens is 200 g/mol. The molecule has 1 rings (SSSR count). The molecule has 1 aromatic heterocycles. The summed E-state index contributed by atoms with van der Waals surface area (Å²) < 4.78 is 12.4. The van der Waals surface area contributed by atoms with E-state index in [1.165, 1.54) is 16.5 Å². The van der Waals surface area contributed by atoms with Crippen molar-refractivity contribution in [2.24, 2.45) is 14.1 Å². The molecule has 1 aromatic rings. The fourth-order valence-corrected chi connectivity index (χ4v) is 1.29. The van der Waals surface area contributed by atoms with Gasteiger partial charge in [0.2, 0.25) is 5.75 Å². The molecule has 0 aliphatic carbocycles. The summed E-state index contributed by atoms with van der Waals surface area (Å²) in [6.45, 7) is 1.95. The lowest BCUT2D eigenvalue weighted by Crippen LogP contribution is -2.18. The van der Waals surface area contributed by atoms with Crippen LogP contribution in [0.3, 0.4) is 0 Å². The summed E-state index contributed by atoms with van der Waals surface area (Å²) in [6.07, 6.45) is 0. The van der Waals surface area contributed by atoms with Crippen LogP contribution in [0.2, 0.25) is 0 Å². The van der Waals surface area contributed by atoms with Crippen molar-refractivity contribution in [1.29, 1.82) is 0 Å². The molecule has 0 bridgehead atoms. The quantitative estimate of drug-likeness (QED) is 0.660. The molecule has 0 aliphatic heterocycles. The third-order valence-corrected chi connectivity index (χ3v) is 2.15. The number of ether oxygens (including phenoxy) is 2. The zero-order valence-electron chi connectivity index (χ0n) is 9.23. The van der Waals surface area contributed by atoms with Gasteiger partial charge in [0.25, 0.3) is 0 Å². The molecular formula is C9H14N2O4. The first kappa shape index (κ1) is 11.4. The van der Waals surface area contributed by atoms with Gasteiger partial charge in [-0.15, -0.1) is 0 Å². The first-order valence-corrected chi connectivity index (χ1v) is 4.51. The van der Waals surface area contributed by atoms with E-state index < -0.39 is 5.97 Å². The Hall–Kier alpha value is -1.72. The summed E-state index contributed by atoms with van der Waals surface area (Å²) in [5.41, 5.74) is -0.227. The van der Waals surface area contributed by atoms with Gasteiger partial charge in [-0.25, -0.2) is 4.79 Å². The van der Waals surface area contributed by atoms with E-state index in [-0.39, 0.29) is 23.6 Å². The zero-order valence-corrected chi connectivity index (χ0v) is 9.23. The number of aromatic nitrogens is 2. The minimum atomic E-state index is -0.561. The van der Waals surface area contributed by atoms with Gasteiger partial charge in [0.1, 0.15) is 0 Å². The Morgan fingerprint density at radius 1 is 1.33 bits per heavy atom. The average Bonchev–Trinajstić information content (AvgIpc) is 2.42. The maximum Gasteiger partial charge on any atom is 0.360 e. The first-order chi connectivity index (χ1) is 7.04. The Kier molecular flexibility index (Phi) is 3.18. The van der Waals surface area contributed by atoms with Crippen LogP contribution >= 0.6 is 0 Å². The van der Waals surface area contributed by atoms with Crippen molar-refractivity contribution in [3.63, 3.8) is 0 Å². The van der Waals surface area contributed by atoms with Crippen molar-refractivity contribution in [3.8, 4) is 5.75 Å². The van der Waals surface area contributed by atoms with Crippen LogP contribution < -0.4 is 10.3 Å². The Morgan fingerprint density at radius 2 is 1.93 bits per heavy atom. The monoisotopic (exact) mass is 214 g/mol. The smallest absolute Gasteiger partial charge is 0.360 e. The highest BCUT2D eigenvalue weighted by Gasteiger charge is 2.23. The number of methoxy groups -OCH3 is 1. The van der Waals surface area contributed by atoms with Crippen LogP contribution in [0.5, 0.6) is 5.75 Å². The van der Waals surface area contributed by atoms with E-state index in [1.807, 2.05) is 0 Å². The molecule has 0 N–H and O–H groups in total. The maximum absolute atomic E-state index is 11.6. The van der Waals surface area contributed by atoms with E-state index in [1.54, 1.807) is 21.0 Å². The lowest BCUT2D eigenvalue weighted by Gasteiger charge is -2.05. The summed E-state index contributed by atoms with van der Waals surface area (Å²) in [6, 6.07) is 0. The van der Waals surface area contributed by atoms with E-state index >= 15 is 0 Å². The topological polar surface area (TPSA) is 62.5 Å². The molecule has 0 saturated carbocycles. The van der Waals surface area contributed by atoms with Crippen LogP contribution in [-0.4, -0.2) is 29.0 Å². The predicted molar refractivity (Wildman–Crippen MR) is 53.2 cm³/mol. The predicted octanol–water partition coefficient (Wildman–Crippen LogP) is -0.0909. The van der Waals surface area contributed by atoms with Crippen LogP contribution in [0, 0.1) is 0 Å². The second-order valence-electron chi connectivity index (χ2n) is 2.95. The fourth-order valence-electron chi connectivity index (χ4n) is 1.29. The van der Waals surface area contributed by atoms with Crippen LogP contribution in [0.4, 0.5) is 0 Å². The van der Waals surface area contributed by atoms with Gasteiger partial charge in [-0.2, -0.15) is 0 Å². The van der Waals surface area contributed by atoms with Crippen molar-refractivity contribution in [1.82, 2.24) is 9.36 Å². The highest BCUT2D eigenvalue weighted by atomic mass is 16.5. The summed E-state index contributed by atoms with van der Waals surface area (Å²) in [5.74, 6) is -0.548.